The number of hydrogen-bond acceptors (Lipinski definition) is 2. The molecule has 0 aliphatic rings. The maximum atomic E-state index is 10.1. The molecule has 13 heavy (non-hydrogen) atoms. The first-order chi connectivity index (χ1) is 6.22. The van der Waals surface area contributed by atoms with Crippen molar-refractivity contribution in [3.05, 3.63) is 35.2 Å². The van der Waals surface area contributed by atoms with E-state index in [1.807, 2.05) is 38.1 Å². The van der Waals surface area contributed by atoms with Crippen LogP contribution in [-0.2, 0) is 4.79 Å². The predicted octanol–water partition coefficient (Wildman–Crippen LogP) is 2.30. The normalized spacial score (nSPS) is 10.6. The molecule has 68 valence electrons. The van der Waals surface area contributed by atoms with Gasteiger partial charge in [0.15, 0.2) is 0 Å². The molecular formula is C11H13NO. The minimum absolute atomic E-state index is 0.473. The standard InChI is InChI=1S/C11H13NO/c1-9-7-11(5-3-4-6-13)8-10(2)12-9/h3,5-8H,4H2,1-2H3. The van der Waals surface area contributed by atoms with Gasteiger partial charge in [0.2, 0.25) is 0 Å². The average Bonchev–Trinajstić information content (AvgIpc) is 2.03. The van der Waals surface area contributed by atoms with Gasteiger partial charge in [-0.3, -0.25) is 4.98 Å². The zero-order valence-corrected chi connectivity index (χ0v) is 7.95. The Labute approximate surface area is 78.3 Å². The zero-order valence-electron chi connectivity index (χ0n) is 7.95. The van der Waals surface area contributed by atoms with Gasteiger partial charge in [0.25, 0.3) is 0 Å². The summed E-state index contributed by atoms with van der Waals surface area (Å²) in [5.74, 6) is 0. The molecule has 0 fully saturated rings. The number of carbonyl (C=O) groups excluding carboxylic acids is 1. The second-order valence-corrected chi connectivity index (χ2v) is 2.99. The number of carbonyl (C=O) groups is 1. The highest BCUT2D eigenvalue weighted by atomic mass is 16.1. The van der Waals surface area contributed by atoms with Crippen LogP contribution in [0.4, 0.5) is 0 Å². The van der Waals surface area contributed by atoms with Crippen LogP contribution < -0.4 is 0 Å². The van der Waals surface area contributed by atoms with Crippen LogP contribution in [0.1, 0.15) is 23.4 Å². The maximum absolute atomic E-state index is 10.1. The molecule has 0 saturated carbocycles. The zero-order chi connectivity index (χ0) is 9.68. The lowest BCUT2D eigenvalue weighted by molar-refractivity contribution is -0.107. The minimum atomic E-state index is 0.473. The van der Waals surface area contributed by atoms with E-state index < -0.39 is 0 Å². The summed E-state index contributed by atoms with van der Waals surface area (Å²) in [5, 5.41) is 0. The van der Waals surface area contributed by atoms with Crippen LogP contribution in [0.3, 0.4) is 0 Å². The van der Waals surface area contributed by atoms with Crippen molar-refractivity contribution in [2.24, 2.45) is 0 Å². The van der Waals surface area contributed by atoms with Crippen molar-refractivity contribution in [1.82, 2.24) is 4.98 Å². The van der Waals surface area contributed by atoms with E-state index in [4.69, 9.17) is 0 Å². The van der Waals surface area contributed by atoms with Gasteiger partial charge >= 0.3 is 0 Å². The van der Waals surface area contributed by atoms with E-state index in [-0.39, 0.29) is 0 Å². The van der Waals surface area contributed by atoms with Crippen molar-refractivity contribution in [3.8, 4) is 0 Å². The molecule has 0 spiro atoms. The van der Waals surface area contributed by atoms with Crippen LogP contribution in [-0.4, -0.2) is 11.3 Å². The first-order valence-corrected chi connectivity index (χ1v) is 4.28. The van der Waals surface area contributed by atoms with Gasteiger partial charge in [0, 0.05) is 17.8 Å². The van der Waals surface area contributed by atoms with Gasteiger partial charge in [-0.25, -0.2) is 0 Å². The topological polar surface area (TPSA) is 30.0 Å². The minimum Gasteiger partial charge on any atom is -0.303 e. The van der Waals surface area contributed by atoms with E-state index in [1.54, 1.807) is 0 Å². The third-order valence-electron chi connectivity index (χ3n) is 1.65. The Morgan fingerprint density at radius 3 is 2.46 bits per heavy atom. The molecule has 0 atom stereocenters. The molecule has 1 aromatic rings. The summed E-state index contributed by atoms with van der Waals surface area (Å²) >= 11 is 0. The van der Waals surface area contributed by atoms with Crippen molar-refractivity contribution in [2.45, 2.75) is 20.3 Å². The second-order valence-electron chi connectivity index (χ2n) is 2.99. The van der Waals surface area contributed by atoms with Gasteiger partial charge in [0.1, 0.15) is 6.29 Å². The molecule has 1 rings (SSSR count). The Bertz CT molecular complexity index is 309. The van der Waals surface area contributed by atoms with Gasteiger partial charge in [-0.1, -0.05) is 12.2 Å². The quantitative estimate of drug-likeness (QED) is 0.660. The van der Waals surface area contributed by atoms with Crippen LogP contribution in [0.25, 0.3) is 6.08 Å². The predicted molar refractivity (Wildman–Crippen MR) is 53.4 cm³/mol. The Balaban J connectivity index is 2.82. The number of rotatable bonds is 3. The van der Waals surface area contributed by atoms with Gasteiger partial charge in [-0.15, -0.1) is 0 Å². The second kappa shape index (κ2) is 4.55. The molecule has 1 aromatic heterocycles. The van der Waals surface area contributed by atoms with E-state index in [2.05, 4.69) is 4.98 Å². The highest BCUT2D eigenvalue weighted by Gasteiger charge is 1.92. The molecule has 0 radical (unpaired) electrons. The monoisotopic (exact) mass is 175 g/mol. The maximum Gasteiger partial charge on any atom is 0.123 e. The first-order valence-electron chi connectivity index (χ1n) is 4.28. The molecule has 0 aliphatic heterocycles. The molecule has 0 aromatic carbocycles. The molecule has 2 nitrogen and oxygen atoms in total. The summed E-state index contributed by atoms with van der Waals surface area (Å²) in [4.78, 5) is 14.3. The molecular weight excluding hydrogens is 162 g/mol. The van der Waals surface area contributed by atoms with Crippen LogP contribution in [0, 0.1) is 13.8 Å². The van der Waals surface area contributed by atoms with Crippen molar-refractivity contribution in [2.75, 3.05) is 0 Å². The lowest BCUT2D eigenvalue weighted by atomic mass is 10.2. The summed E-state index contributed by atoms with van der Waals surface area (Å²) in [5.41, 5.74) is 3.11. The Morgan fingerprint density at radius 1 is 1.31 bits per heavy atom. The van der Waals surface area contributed by atoms with E-state index in [1.165, 1.54) is 0 Å². The highest BCUT2D eigenvalue weighted by molar-refractivity contribution is 5.58. The fourth-order valence-electron chi connectivity index (χ4n) is 1.22. The van der Waals surface area contributed by atoms with Crippen LogP contribution >= 0.6 is 0 Å². The van der Waals surface area contributed by atoms with Gasteiger partial charge in [-0.05, 0) is 31.5 Å². The number of aryl methyl sites for hydroxylation is 2. The summed E-state index contributed by atoms with van der Waals surface area (Å²) in [6.07, 6.45) is 5.15. The third kappa shape index (κ3) is 3.20. The molecule has 2 heteroatoms. The molecule has 0 amide bonds. The summed E-state index contributed by atoms with van der Waals surface area (Å²) < 4.78 is 0. The van der Waals surface area contributed by atoms with Crippen LogP contribution in [0.15, 0.2) is 18.2 Å². The SMILES string of the molecule is Cc1cc(C=CCC=O)cc(C)n1. The molecule has 0 N–H and O–H groups in total. The first kappa shape index (κ1) is 9.65. The number of aromatic nitrogens is 1. The van der Waals surface area contributed by atoms with E-state index >= 15 is 0 Å². The van der Waals surface area contributed by atoms with Crippen LogP contribution in [0.2, 0.25) is 0 Å². The molecule has 0 aliphatic carbocycles. The molecule has 1 heterocycles. The summed E-state index contributed by atoms with van der Waals surface area (Å²) in [6.45, 7) is 3.92. The van der Waals surface area contributed by atoms with Gasteiger partial charge in [-0.2, -0.15) is 0 Å². The Kier molecular flexibility index (Phi) is 3.38. The largest absolute Gasteiger partial charge is 0.303 e. The van der Waals surface area contributed by atoms with Crippen molar-refractivity contribution in [3.63, 3.8) is 0 Å². The van der Waals surface area contributed by atoms with Crippen molar-refractivity contribution < 1.29 is 4.79 Å². The highest BCUT2D eigenvalue weighted by Crippen LogP contribution is 2.06. The smallest absolute Gasteiger partial charge is 0.123 e. The average molecular weight is 175 g/mol. The number of pyridine rings is 1. The van der Waals surface area contributed by atoms with Gasteiger partial charge in [0.05, 0.1) is 0 Å². The van der Waals surface area contributed by atoms with E-state index in [0.29, 0.717) is 6.42 Å². The fraction of sp³-hybridized carbons (Fsp3) is 0.273. The molecule has 0 bridgehead atoms. The van der Waals surface area contributed by atoms with Crippen molar-refractivity contribution >= 4 is 12.4 Å². The van der Waals surface area contributed by atoms with Gasteiger partial charge < -0.3 is 4.79 Å². The third-order valence-corrected chi connectivity index (χ3v) is 1.65. The molecule has 0 unspecified atom stereocenters. The Morgan fingerprint density at radius 2 is 1.92 bits per heavy atom. The van der Waals surface area contributed by atoms with Crippen molar-refractivity contribution in [1.29, 1.82) is 0 Å². The lowest BCUT2D eigenvalue weighted by Gasteiger charge is -1.98. The molecule has 0 saturated heterocycles. The number of aldehydes is 1. The summed E-state index contributed by atoms with van der Waals surface area (Å²) in [7, 11) is 0. The lowest BCUT2D eigenvalue weighted by Crippen LogP contribution is -1.86. The fourth-order valence-corrected chi connectivity index (χ4v) is 1.22. The van der Waals surface area contributed by atoms with E-state index in [9.17, 15) is 4.79 Å². The Hall–Kier alpha value is -1.44. The number of hydrogen-bond donors (Lipinski definition) is 0. The van der Waals surface area contributed by atoms with Crippen LogP contribution in [0.5, 0.6) is 0 Å². The number of nitrogens with zero attached hydrogens (tertiary/aromatic N) is 1. The van der Waals surface area contributed by atoms with E-state index in [0.717, 1.165) is 23.2 Å². The summed E-state index contributed by atoms with van der Waals surface area (Å²) in [6, 6.07) is 3.99. The number of allylic oxidation sites excluding steroid dienone is 1.